The van der Waals surface area contributed by atoms with E-state index in [9.17, 15) is 9.59 Å². The molecule has 21 heavy (non-hydrogen) atoms. The Labute approximate surface area is 125 Å². The first-order valence-electron chi connectivity index (χ1n) is 7.18. The molecule has 0 heterocycles. The highest BCUT2D eigenvalue weighted by Crippen LogP contribution is 2.10. The maximum absolute atomic E-state index is 12.1. The van der Waals surface area contributed by atoms with Crippen molar-refractivity contribution in [3.63, 3.8) is 0 Å². The molecule has 0 fully saturated rings. The fourth-order valence-corrected chi connectivity index (χ4v) is 1.80. The summed E-state index contributed by atoms with van der Waals surface area (Å²) in [6.45, 7) is 6.24. The number of benzene rings is 1. The highest BCUT2D eigenvalue weighted by atomic mass is 16.7. The molecule has 5 heteroatoms. The second kappa shape index (κ2) is 9.00. The van der Waals surface area contributed by atoms with Gasteiger partial charge in [0.2, 0.25) is 0 Å². The topological polar surface area (TPSA) is 64.6 Å². The molecule has 0 bridgehead atoms. The van der Waals surface area contributed by atoms with Crippen LogP contribution in [0.15, 0.2) is 30.3 Å². The maximum atomic E-state index is 12.1. The number of hydrogen-bond donors (Lipinski definition) is 1. The first-order valence-corrected chi connectivity index (χ1v) is 7.18. The molecule has 1 N–H and O–H groups in total. The summed E-state index contributed by atoms with van der Waals surface area (Å²) in [4.78, 5) is 23.5. The third-order valence-corrected chi connectivity index (χ3v) is 2.79. The Bertz CT molecular complexity index is 445. The molecule has 1 atom stereocenters. The molecule has 0 saturated carbocycles. The van der Waals surface area contributed by atoms with Crippen LogP contribution in [-0.2, 0) is 20.8 Å². The number of ether oxygens (including phenoxy) is 2. The molecule has 0 spiro atoms. The predicted octanol–water partition coefficient (Wildman–Crippen LogP) is 2.89. The standard InChI is InChI=1S/C16H23NO4/c1-4-20-16(19)21-14(10-12(2)3)15(18)17-11-13-8-6-5-7-9-13/h5-9,12,14H,4,10-11H2,1-3H3,(H,17,18). The molecule has 1 amide bonds. The van der Waals surface area contributed by atoms with Crippen molar-refractivity contribution in [3.8, 4) is 0 Å². The zero-order valence-corrected chi connectivity index (χ0v) is 12.8. The predicted molar refractivity (Wildman–Crippen MR) is 79.6 cm³/mol. The van der Waals surface area contributed by atoms with Crippen LogP contribution in [-0.4, -0.2) is 24.8 Å². The molecule has 5 nitrogen and oxygen atoms in total. The second-order valence-corrected chi connectivity index (χ2v) is 5.12. The zero-order valence-electron chi connectivity index (χ0n) is 12.8. The highest BCUT2D eigenvalue weighted by Gasteiger charge is 2.24. The smallest absolute Gasteiger partial charge is 0.435 e. The van der Waals surface area contributed by atoms with Gasteiger partial charge in [-0.05, 0) is 24.8 Å². The van der Waals surface area contributed by atoms with E-state index in [-0.39, 0.29) is 18.4 Å². The van der Waals surface area contributed by atoms with Gasteiger partial charge in [0.05, 0.1) is 6.61 Å². The summed E-state index contributed by atoms with van der Waals surface area (Å²) in [5.41, 5.74) is 0.991. The van der Waals surface area contributed by atoms with Gasteiger partial charge in [-0.3, -0.25) is 4.79 Å². The van der Waals surface area contributed by atoms with Crippen molar-refractivity contribution in [3.05, 3.63) is 35.9 Å². The van der Waals surface area contributed by atoms with Gasteiger partial charge in [-0.2, -0.15) is 0 Å². The van der Waals surface area contributed by atoms with Crippen LogP contribution in [0.1, 0.15) is 32.8 Å². The van der Waals surface area contributed by atoms with Gasteiger partial charge < -0.3 is 14.8 Å². The van der Waals surface area contributed by atoms with Crippen LogP contribution in [0.4, 0.5) is 4.79 Å². The molecule has 116 valence electrons. The number of amides is 1. The Balaban J connectivity index is 2.56. The number of hydrogen-bond acceptors (Lipinski definition) is 4. The summed E-state index contributed by atoms with van der Waals surface area (Å²) < 4.78 is 9.80. The molecule has 0 aromatic heterocycles. The molecule has 0 aliphatic heterocycles. The van der Waals surface area contributed by atoms with Crippen LogP contribution >= 0.6 is 0 Å². The molecule has 0 saturated heterocycles. The first kappa shape index (κ1) is 17.0. The summed E-state index contributed by atoms with van der Waals surface area (Å²) in [7, 11) is 0. The molecular weight excluding hydrogens is 270 g/mol. The van der Waals surface area contributed by atoms with Gasteiger partial charge in [-0.1, -0.05) is 44.2 Å². The Hall–Kier alpha value is -2.04. The first-order chi connectivity index (χ1) is 10.0. The molecule has 0 aliphatic carbocycles. The second-order valence-electron chi connectivity index (χ2n) is 5.12. The van der Waals surface area contributed by atoms with Crippen LogP contribution < -0.4 is 5.32 Å². The minimum absolute atomic E-state index is 0.221. The van der Waals surface area contributed by atoms with E-state index in [1.165, 1.54) is 0 Å². The van der Waals surface area contributed by atoms with Gasteiger partial charge in [-0.25, -0.2) is 4.79 Å². The lowest BCUT2D eigenvalue weighted by Crippen LogP contribution is -2.38. The zero-order chi connectivity index (χ0) is 15.7. The lowest BCUT2D eigenvalue weighted by atomic mass is 10.1. The van der Waals surface area contributed by atoms with E-state index in [2.05, 4.69) is 5.32 Å². The van der Waals surface area contributed by atoms with E-state index in [0.717, 1.165) is 5.56 Å². The number of nitrogens with one attached hydrogen (secondary N) is 1. The lowest BCUT2D eigenvalue weighted by Gasteiger charge is -2.18. The van der Waals surface area contributed by atoms with E-state index in [1.807, 2.05) is 44.2 Å². The number of carbonyl (C=O) groups is 2. The van der Waals surface area contributed by atoms with Crippen LogP contribution in [0.2, 0.25) is 0 Å². The molecule has 1 unspecified atom stereocenters. The van der Waals surface area contributed by atoms with Crippen molar-refractivity contribution < 1.29 is 19.1 Å². The molecule has 0 radical (unpaired) electrons. The van der Waals surface area contributed by atoms with Crippen LogP contribution in [0.3, 0.4) is 0 Å². The summed E-state index contributed by atoms with van der Waals surface area (Å²) >= 11 is 0. The highest BCUT2D eigenvalue weighted by molar-refractivity contribution is 5.82. The molecule has 1 aromatic rings. The van der Waals surface area contributed by atoms with E-state index in [1.54, 1.807) is 6.92 Å². The Morgan fingerprint density at radius 3 is 2.43 bits per heavy atom. The molecule has 1 rings (SSSR count). The van der Waals surface area contributed by atoms with Crippen LogP contribution in [0.5, 0.6) is 0 Å². The van der Waals surface area contributed by atoms with Crippen molar-refractivity contribution in [1.82, 2.24) is 5.32 Å². The van der Waals surface area contributed by atoms with E-state index >= 15 is 0 Å². The van der Waals surface area contributed by atoms with E-state index in [0.29, 0.717) is 13.0 Å². The van der Waals surface area contributed by atoms with Crippen molar-refractivity contribution in [2.45, 2.75) is 39.8 Å². The normalized spacial score (nSPS) is 11.8. The summed E-state index contributed by atoms with van der Waals surface area (Å²) in [6.07, 6.45) is -1.18. The van der Waals surface area contributed by atoms with Crippen molar-refractivity contribution in [2.75, 3.05) is 6.61 Å². The van der Waals surface area contributed by atoms with Crippen molar-refractivity contribution in [1.29, 1.82) is 0 Å². The van der Waals surface area contributed by atoms with Gasteiger partial charge in [0, 0.05) is 6.54 Å². The molecule has 0 aliphatic rings. The summed E-state index contributed by atoms with van der Waals surface area (Å²) in [6, 6.07) is 9.56. The number of carbonyl (C=O) groups excluding carboxylic acids is 2. The lowest BCUT2D eigenvalue weighted by molar-refractivity contribution is -0.132. The van der Waals surface area contributed by atoms with Gasteiger partial charge in [0.15, 0.2) is 6.10 Å². The van der Waals surface area contributed by atoms with Gasteiger partial charge in [0.1, 0.15) is 0 Å². The average Bonchev–Trinajstić information content (AvgIpc) is 2.45. The van der Waals surface area contributed by atoms with E-state index in [4.69, 9.17) is 9.47 Å². The van der Waals surface area contributed by atoms with Crippen molar-refractivity contribution in [2.24, 2.45) is 5.92 Å². The van der Waals surface area contributed by atoms with Gasteiger partial charge in [0.25, 0.3) is 5.91 Å². The quantitative estimate of drug-likeness (QED) is 0.785. The minimum atomic E-state index is -0.826. The largest absolute Gasteiger partial charge is 0.509 e. The fourth-order valence-electron chi connectivity index (χ4n) is 1.80. The summed E-state index contributed by atoms with van der Waals surface area (Å²) in [5.74, 6) is -0.0764. The van der Waals surface area contributed by atoms with Gasteiger partial charge in [-0.15, -0.1) is 0 Å². The molecule has 1 aromatic carbocycles. The molecular formula is C16H23NO4. The van der Waals surface area contributed by atoms with Crippen molar-refractivity contribution >= 4 is 12.1 Å². The van der Waals surface area contributed by atoms with Crippen LogP contribution in [0.25, 0.3) is 0 Å². The third-order valence-electron chi connectivity index (χ3n) is 2.79. The average molecular weight is 293 g/mol. The van der Waals surface area contributed by atoms with Crippen LogP contribution in [0, 0.1) is 5.92 Å². The third kappa shape index (κ3) is 6.79. The summed E-state index contributed by atoms with van der Waals surface area (Å²) in [5, 5.41) is 2.78. The minimum Gasteiger partial charge on any atom is -0.435 e. The fraction of sp³-hybridized carbons (Fsp3) is 0.500. The maximum Gasteiger partial charge on any atom is 0.509 e. The van der Waals surface area contributed by atoms with E-state index < -0.39 is 12.3 Å². The van der Waals surface area contributed by atoms with Gasteiger partial charge >= 0.3 is 6.16 Å². The monoisotopic (exact) mass is 293 g/mol. The Morgan fingerprint density at radius 1 is 1.19 bits per heavy atom. The number of rotatable bonds is 7. The SMILES string of the molecule is CCOC(=O)OC(CC(C)C)C(=O)NCc1ccccc1. The Morgan fingerprint density at radius 2 is 1.86 bits per heavy atom. The Kier molecular flexibility index (Phi) is 7.29.